The Morgan fingerprint density at radius 1 is 1.14 bits per heavy atom. The minimum Gasteiger partial charge on any atom is -0.475 e. The van der Waals surface area contributed by atoms with Crippen molar-refractivity contribution in [3.63, 3.8) is 0 Å². The van der Waals surface area contributed by atoms with E-state index >= 15 is 0 Å². The lowest BCUT2D eigenvalue weighted by Gasteiger charge is -2.25. The van der Waals surface area contributed by atoms with Crippen LogP contribution in [0.3, 0.4) is 0 Å². The van der Waals surface area contributed by atoms with Gasteiger partial charge in [-0.3, -0.25) is 0 Å². The molecule has 0 radical (unpaired) electrons. The summed E-state index contributed by atoms with van der Waals surface area (Å²) in [6.07, 6.45) is 7.82. The zero-order chi connectivity index (χ0) is 9.43. The Bertz CT molecular complexity index is 425. The van der Waals surface area contributed by atoms with Crippen molar-refractivity contribution in [3.8, 4) is 0 Å². The first-order valence-corrected chi connectivity index (χ1v) is 6.53. The molecule has 14 heavy (non-hydrogen) atoms. The second-order valence-corrected chi connectivity index (χ2v) is 5.52. The first-order valence-electron chi connectivity index (χ1n) is 4.38. The summed E-state index contributed by atoms with van der Waals surface area (Å²) in [5, 5.41) is 0. The molecule has 1 nitrogen and oxygen atoms in total. The number of benzene rings is 1. The lowest BCUT2D eigenvalue weighted by molar-refractivity contribution is 0.152. The van der Waals surface area contributed by atoms with Crippen LogP contribution in [0.25, 0.3) is 0 Å². The third-order valence-electron chi connectivity index (χ3n) is 2.27. The number of fused-ring (bicyclic) bond motifs is 2. The molecule has 0 saturated carbocycles. The molecule has 1 unspecified atom stereocenters. The molecule has 0 amide bonds. The highest BCUT2D eigenvalue weighted by Crippen LogP contribution is 2.58. The van der Waals surface area contributed by atoms with Gasteiger partial charge in [-0.05, 0) is 29.0 Å². The molecule has 0 saturated heterocycles. The Morgan fingerprint density at radius 2 is 2.07 bits per heavy atom. The number of allylic oxidation sites excluding steroid dienone is 2. The summed E-state index contributed by atoms with van der Waals surface area (Å²) in [7, 11) is 3.53. The quantitative estimate of drug-likeness (QED) is 0.617. The Labute approximate surface area is 90.6 Å². The average Bonchev–Trinajstić information content (AvgIpc) is 2.60. The minimum atomic E-state index is -0.282. The van der Waals surface area contributed by atoms with E-state index < -0.39 is 0 Å². The Kier molecular flexibility index (Phi) is 1.89. The molecule has 1 spiro atoms. The summed E-state index contributed by atoms with van der Waals surface area (Å²) in [6.45, 7) is 0. The van der Waals surface area contributed by atoms with E-state index in [1.54, 1.807) is 27.8 Å². The number of rotatable bonds is 0. The van der Waals surface area contributed by atoms with E-state index in [9.17, 15) is 0 Å². The second-order valence-electron chi connectivity index (χ2n) is 3.14. The van der Waals surface area contributed by atoms with Crippen molar-refractivity contribution in [2.75, 3.05) is 0 Å². The topological polar surface area (TPSA) is 9.23 Å². The van der Waals surface area contributed by atoms with Crippen molar-refractivity contribution in [1.82, 2.24) is 0 Å². The van der Waals surface area contributed by atoms with Gasteiger partial charge >= 0.3 is 0 Å². The Hall–Kier alpha value is -0.800. The molecule has 0 fully saturated rings. The normalized spacial score (nSPS) is 27.7. The van der Waals surface area contributed by atoms with Gasteiger partial charge in [-0.25, -0.2) is 0 Å². The maximum atomic E-state index is 5.73. The highest BCUT2D eigenvalue weighted by Gasteiger charge is 2.40. The summed E-state index contributed by atoms with van der Waals surface area (Å²) in [5.74, 6) is 0. The molecule has 0 N–H and O–H groups in total. The van der Waals surface area contributed by atoms with Crippen LogP contribution >= 0.6 is 21.6 Å². The smallest absolute Gasteiger partial charge is 0.209 e. The van der Waals surface area contributed by atoms with Crippen LogP contribution in [-0.4, -0.2) is 0 Å². The average molecular weight is 220 g/mol. The first-order chi connectivity index (χ1) is 6.91. The monoisotopic (exact) mass is 220 g/mol. The van der Waals surface area contributed by atoms with E-state index in [0.717, 1.165) is 0 Å². The second kappa shape index (κ2) is 3.11. The summed E-state index contributed by atoms with van der Waals surface area (Å²) in [4.78, 5) is 1.02. The molecule has 1 aromatic carbocycles. The van der Waals surface area contributed by atoms with Crippen molar-refractivity contribution >= 4 is 21.6 Å². The van der Waals surface area contributed by atoms with E-state index in [0.29, 0.717) is 0 Å². The molecule has 1 atom stereocenters. The highest BCUT2D eigenvalue weighted by atomic mass is 33.1. The van der Waals surface area contributed by atoms with Crippen LogP contribution in [0.2, 0.25) is 0 Å². The maximum absolute atomic E-state index is 5.73. The minimum absolute atomic E-state index is 0.282. The maximum Gasteiger partial charge on any atom is 0.209 e. The van der Waals surface area contributed by atoms with E-state index in [2.05, 4.69) is 30.3 Å². The van der Waals surface area contributed by atoms with Crippen molar-refractivity contribution < 1.29 is 4.74 Å². The van der Waals surface area contributed by atoms with Crippen LogP contribution in [0.15, 0.2) is 53.7 Å². The molecule has 3 rings (SSSR count). The van der Waals surface area contributed by atoms with Gasteiger partial charge in [0, 0.05) is 10.5 Å². The van der Waals surface area contributed by atoms with E-state index in [1.807, 2.05) is 12.2 Å². The van der Waals surface area contributed by atoms with Gasteiger partial charge in [-0.1, -0.05) is 35.1 Å². The van der Waals surface area contributed by atoms with Gasteiger partial charge in [0.1, 0.15) is 0 Å². The zero-order valence-corrected chi connectivity index (χ0v) is 8.98. The molecule has 0 aliphatic carbocycles. The van der Waals surface area contributed by atoms with E-state index in [4.69, 9.17) is 4.74 Å². The third-order valence-corrected chi connectivity index (χ3v) is 5.12. The van der Waals surface area contributed by atoms with Crippen LogP contribution in [-0.2, 0) is 9.67 Å². The molecular formula is C11H8OS2. The first kappa shape index (κ1) is 8.50. The lowest BCUT2D eigenvalue weighted by atomic mass is 10.1. The fourth-order valence-electron chi connectivity index (χ4n) is 1.59. The largest absolute Gasteiger partial charge is 0.475 e. The summed E-state index contributed by atoms with van der Waals surface area (Å²) in [5.41, 5.74) is 1.26. The fraction of sp³-hybridized carbons (Fsp3) is 0.0909. The van der Waals surface area contributed by atoms with Gasteiger partial charge in [0.2, 0.25) is 4.93 Å². The molecule has 2 aliphatic rings. The summed E-state index contributed by atoms with van der Waals surface area (Å²) < 4.78 is 5.73. The number of hydrogen-bond donors (Lipinski definition) is 0. The lowest BCUT2D eigenvalue weighted by Crippen LogP contribution is -2.19. The van der Waals surface area contributed by atoms with Gasteiger partial charge in [0.05, 0.1) is 6.26 Å². The van der Waals surface area contributed by atoms with E-state index in [1.165, 1.54) is 10.5 Å². The standard InChI is InChI=1S/C11H8OS2/c1-2-6-10-9(5-1)11(14-13-10)7-3-4-8-12-11/h1-8H. The molecule has 1 aromatic rings. The predicted molar refractivity (Wildman–Crippen MR) is 60.9 cm³/mol. The molecular weight excluding hydrogens is 212 g/mol. The summed E-state index contributed by atoms with van der Waals surface area (Å²) in [6, 6.07) is 8.39. The van der Waals surface area contributed by atoms with Crippen molar-refractivity contribution in [2.45, 2.75) is 9.83 Å². The third kappa shape index (κ3) is 1.12. The highest BCUT2D eigenvalue weighted by molar-refractivity contribution is 8.77. The zero-order valence-electron chi connectivity index (χ0n) is 7.34. The van der Waals surface area contributed by atoms with Gasteiger partial charge in [0.15, 0.2) is 0 Å². The molecule has 0 aromatic heterocycles. The molecule has 2 aliphatic heterocycles. The molecule has 70 valence electrons. The van der Waals surface area contributed by atoms with Gasteiger partial charge < -0.3 is 4.74 Å². The van der Waals surface area contributed by atoms with Crippen LogP contribution < -0.4 is 0 Å². The number of ether oxygens (including phenoxy) is 1. The molecule has 3 heteroatoms. The number of hydrogen-bond acceptors (Lipinski definition) is 3. The van der Waals surface area contributed by atoms with Gasteiger partial charge in [-0.15, -0.1) is 0 Å². The van der Waals surface area contributed by atoms with Crippen molar-refractivity contribution in [2.24, 2.45) is 0 Å². The van der Waals surface area contributed by atoms with Crippen LogP contribution in [0, 0.1) is 0 Å². The van der Waals surface area contributed by atoms with E-state index in [-0.39, 0.29) is 4.93 Å². The van der Waals surface area contributed by atoms with Crippen molar-refractivity contribution in [3.05, 3.63) is 54.3 Å². The Balaban J connectivity index is 2.13. The predicted octanol–water partition coefficient (Wildman–Crippen LogP) is 3.69. The SMILES string of the molecule is C1=COC2(C=C1)SSc1ccccc12. The van der Waals surface area contributed by atoms with Crippen molar-refractivity contribution in [1.29, 1.82) is 0 Å². The van der Waals surface area contributed by atoms with Gasteiger partial charge in [-0.2, -0.15) is 0 Å². The Morgan fingerprint density at radius 3 is 2.93 bits per heavy atom. The fourth-order valence-corrected chi connectivity index (χ4v) is 4.44. The van der Waals surface area contributed by atoms with Gasteiger partial charge in [0.25, 0.3) is 0 Å². The molecule has 2 heterocycles. The summed E-state index contributed by atoms with van der Waals surface area (Å²) >= 11 is 0. The molecule has 0 bridgehead atoms. The van der Waals surface area contributed by atoms with Crippen LogP contribution in [0.4, 0.5) is 0 Å². The van der Waals surface area contributed by atoms with Crippen LogP contribution in [0.1, 0.15) is 5.56 Å². The van der Waals surface area contributed by atoms with Crippen LogP contribution in [0.5, 0.6) is 0 Å².